The van der Waals surface area contributed by atoms with Crippen molar-refractivity contribution in [2.24, 2.45) is 17.8 Å². The summed E-state index contributed by atoms with van der Waals surface area (Å²) in [6.45, 7) is 15.6. The van der Waals surface area contributed by atoms with E-state index >= 15 is 0 Å². The van der Waals surface area contributed by atoms with E-state index in [2.05, 4.69) is 54.8 Å². The molecule has 0 bridgehead atoms. The van der Waals surface area contributed by atoms with E-state index in [0.717, 1.165) is 43.3 Å². The predicted molar refractivity (Wildman–Crippen MR) is 118 cm³/mol. The summed E-state index contributed by atoms with van der Waals surface area (Å²) in [5.41, 5.74) is 1.25. The highest BCUT2D eigenvalue weighted by atomic mass is 16.5. The number of likely N-dealkylation sites (tertiary alicyclic amines) is 2. The molecule has 2 atom stereocenters. The second-order valence-electron chi connectivity index (χ2n) is 10.4. The minimum atomic E-state index is -0.137. The van der Waals surface area contributed by atoms with Crippen molar-refractivity contribution in [3.8, 4) is 5.75 Å². The van der Waals surface area contributed by atoms with Crippen LogP contribution in [0.4, 0.5) is 0 Å². The average Bonchev–Trinajstić information content (AvgIpc) is 3.14. The van der Waals surface area contributed by atoms with Gasteiger partial charge in [0.1, 0.15) is 11.4 Å². The Balaban J connectivity index is 1.08. The molecular formula is C25H40N2O2. The van der Waals surface area contributed by atoms with Crippen molar-refractivity contribution in [2.45, 2.75) is 58.6 Å². The molecule has 0 amide bonds. The van der Waals surface area contributed by atoms with E-state index in [9.17, 15) is 0 Å². The van der Waals surface area contributed by atoms with Gasteiger partial charge in [-0.1, -0.05) is 18.6 Å². The summed E-state index contributed by atoms with van der Waals surface area (Å²) in [4.78, 5) is 5.22. The van der Waals surface area contributed by atoms with Crippen LogP contribution in [-0.2, 0) is 11.3 Å². The van der Waals surface area contributed by atoms with Crippen LogP contribution < -0.4 is 4.74 Å². The summed E-state index contributed by atoms with van der Waals surface area (Å²) in [7, 11) is 0. The molecule has 2 aliphatic heterocycles. The fourth-order valence-corrected chi connectivity index (χ4v) is 5.18. The number of nitrogens with zero attached hydrogens (tertiary/aromatic N) is 2. The van der Waals surface area contributed by atoms with Gasteiger partial charge in [0.2, 0.25) is 0 Å². The molecule has 2 heterocycles. The zero-order valence-electron chi connectivity index (χ0n) is 18.7. The molecule has 3 aliphatic rings. The Hall–Kier alpha value is -1.10. The van der Waals surface area contributed by atoms with Crippen molar-refractivity contribution >= 4 is 0 Å². The topological polar surface area (TPSA) is 24.9 Å². The summed E-state index contributed by atoms with van der Waals surface area (Å²) >= 11 is 0. The highest BCUT2D eigenvalue weighted by molar-refractivity contribution is 5.28. The zero-order chi connectivity index (χ0) is 20.3. The monoisotopic (exact) mass is 400 g/mol. The molecule has 4 heteroatoms. The average molecular weight is 401 g/mol. The van der Waals surface area contributed by atoms with Gasteiger partial charge in [0.15, 0.2) is 0 Å². The maximum Gasteiger partial charge on any atom is 0.120 e. The largest absolute Gasteiger partial charge is 0.488 e. The molecule has 3 fully saturated rings. The minimum Gasteiger partial charge on any atom is -0.488 e. The zero-order valence-corrected chi connectivity index (χ0v) is 18.7. The Morgan fingerprint density at radius 1 is 0.931 bits per heavy atom. The molecule has 2 unspecified atom stereocenters. The highest BCUT2D eigenvalue weighted by Crippen LogP contribution is 2.52. The lowest BCUT2D eigenvalue weighted by Gasteiger charge is -2.26. The Morgan fingerprint density at radius 3 is 2.28 bits per heavy atom. The molecule has 0 aromatic heterocycles. The van der Waals surface area contributed by atoms with E-state index in [1.54, 1.807) is 0 Å². The fourth-order valence-electron chi connectivity index (χ4n) is 5.18. The first-order valence-corrected chi connectivity index (χ1v) is 11.8. The smallest absolute Gasteiger partial charge is 0.120 e. The van der Waals surface area contributed by atoms with E-state index < -0.39 is 0 Å². The number of rotatable bonds is 9. The molecule has 1 aromatic carbocycles. The summed E-state index contributed by atoms with van der Waals surface area (Å²) in [5.74, 6) is 3.54. The molecule has 0 radical (unpaired) electrons. The second-order valence-corrected chi connectivity index (χ2v) is 10.4. The van der Waals surface area contributed by atoms with Crippen molar-refractivity contribution < 1.29 is 9.47 Å². The van der Waals surface area contributed by atoms with E-state index in [1.807, 2.05) is 0 Å². The molecule has 29 heavy (non-hydrogen) atoms. The number of benzene rings is 1. The van der Waals surface area contributed by atoms with Crippen LogP contribution in [0.5, 0.6) is 5.75 Å². The molecule has 4 nitrogen and oxygen atoms in total. The van der Waals surface area contributed by atoms with Gasteiger partial charge in [-0.15, -0.1) is 0 Å². The molecule has 2 saturated heterocycles. The van der Waals surface area contributed by atoms with Crippen molar-refractivity contribution in [3.05, 3.63) is 29.8 Å². The van der Waals surface area contributed by atoms with Crippen molar-refractivity contribution in [2.75, 3.05) is 45.9 Å². The van der Waals surface area contributed by atoms with Gasteiger partial charge in [-0.25, -0.2) is 0 Å². The van der Waals surface area contributed by atoms with Gasteiger partial charge in [0.05, 0.1) is 6.61 Å². The summed E-state index contributed by atoms with van der Waals surface area (Å²) in [6, 6.07) is 8.65. The second kappa shape index (κ2) is 9.36. The number of hydrogen-bond acceptors (Lipinski definition) is 4. The molecule has 4 rings (SSSR count). The first-order chi connectivity index (χ1) is 14.0. The summed E-state index contributed by atoms with van der Waals surface area (Å²) < 4.78 is 12.0. The predicted octanol–water partition coefficient (Wildman–Crippen LogP) is 4.43. The first kappa shape index (κ1) is 21.1. The van der Waals surface area contributed by atoms with Gasteiger partial charge in [0.25, 0.3) is 0 Å². The van der Waals surface area contributed by atoms with Crippen LogP contribution >= 0.6 is 0 Å². The van der Waals surface area contributed by atoms with Crippen LogP contribution in [0.25, 0.3) is 0 Å². The maximum absolute atomic E-state index is 6.03. The quantitative estimate of drug-likeness (QED) is 0.572. The Bertz CT molecular complexity index is 621. The summed E-state index contributed by atoms with van der Waals surface area (Å²) in [6.07, 6.45) is 5.39. The van der Waals surface area contributed by atoms with E-state index in [4.69, 9.17) is 9.47 Å². The van der Waals surface area contributed by atoms with Crippen LogP contribution in [0, 0.1) is 17.8 Å². The van der Waals surface area contributed by atoms with Gasteiger partial charge in [-0.05, 0) is 88.6 Å². The first-order valence-electron chi connectivity index (χ1n) is 11.8. The molecular weight excluding hydrogens is 360 g/mol. The van der Waals surface area contributed by atoms with Gasteiger partial charge in [-0.2, -0.15) is 0 Å². The molecule has 0 spiro atoms. The Labute approximate surface area is 177 Å². The molecule has 1 aliphatic carbocycles. The molecule has 0 N–H and O–H groups in total. The van der Waals surface area contributed by atoms with Crippen molar-refractivity contribution in [1.82, 2.24) is 9.80 Å². The third kappa shape index (κ3) is 6.19. The van der Waals surface area contributed by atoms with Crippen LogP contribution in [0.2, 0.25) is 0 Å². The van der Waals surface area contributed by atoms with Crippen LogP contribution in [0.1, 0.15) is 52.0 Å². The number of hydrogen-bond donors (Lipinski definition) is 0. The number of piperidine rings is 2. The standard InChI is InChI=1S/C25H40N2O2/c1-25(2,3)29-21-10-8-20(9-11-21)16-27-17-22-23(18-27)24(22)19-28-15-7-14-26-12-5-4-6-13-26/h8-11,22-24H,4-7,12-19H2,1-3H3. The fraction of sp³-hybridized carbons (Fsp3) is 0.760. The Morgan fingerprint density at radius 2 is 1.62 bits per heavy atom. The maximum atomic E-state index is 6.03. The third-order valence-corrected chi connectivity index (χ3v) is 6.72. The van der Waals surface area contributed by atoms with E-state index in [-0.39, 0.29) is 5.60 Å². The lowest BCUT2D eigenvalue weighted by molar-refractivity contribution is 0.0967. The molecule has 162 valence electrons. The van der Waals surface area contributed by atoms with Crippen LogP contribution in [0.15, 0.2) is 24.3 Å². The normalized spacial score (nSPS) is 27.8. The van der Waals surface area contributed by atoms with Gasteiger partial charge < -0.3 is 14.4 Å². The van der Waals surface area contributed by atoms with Crippen molar-refractivity contribution in [1.29, 1.82) is 0 Å². The lowest BCUT2D eigenvalue weighted by atomic mass is 10.1. The van der Waals surface area contributed by atoms with Crippen molar-refractivity contribution in [3.63, 3.8) is 0 Å². The SMILES string of the molecule is CC(C)(C)Oc1ccc(CN2CC3C(COCCCN4CCCCC4)C3C2)cc1. The third-order valence-electron chi connectivity index (χ3n) is 6.72. The van der Waals surface area contributed by atoms with Crippen LogP contribution in [0.3, 0.4) is 0 Å². The molecule has 1 aromatic rings. The number of fused-ring (bicyclic) bond motifs is 1. The minimum absolute atomic E-state index is 0.137. The lowest BCUT2D eigenvalue weighted by Crippen LogP contribution is -2.31. The van der Waals surface area contributed by atoms with Gasteiger partial charge in [0, 0.05) is 32.8 Å². The number of ether oxygens (including phenoxy) is 2. The summed E-state index contributed by atoms with van der Waals surface area (Å²) in [5, 5.41) is 0. The van der Waals surface area contributed by atoms with E-state index in [1.165, 1.54) is 64.0 Å². The van der Waals surface area contributed by atoms with E-state index in [0.29, 0.717) is 0 Å². The Kier molecular flexibility index (Phi) is 6.83. The molecule has 1 saturated carbocycles. The highest BCUT2D eigenvalue weighted by Gasteiger charge is 2.55. The van der Waals surface area contributed by atoms with Crippen LogP contribution in [-0.4, -0.2) is 61.3 Å². The van der Waals surface area contributed by atoms with Gasteiger partial charge >= 0.3 is 0 Å². The van der Waals surface area contributed by atoms with Gasteiger partial charge in [-0.3, -0.25) is 4.90 Å².